The Bertz CT molecular complexity index is 447. The van der Waals surface area contributed by atoms with E-state index in [4.69, 9.17) is 9.52 Å². The number of alkyl halides is 1. The third-order valence-electron chi connectivity index (χ3n) is 2.57. The number of carbonyl (C=O) groups is 2. The van der Waals surface area contributed by atoms with Crippen LogP contribution in [0.1, 0.15) is 38.7 Å². The van der Waals surface area contributed by atoms with Gasteiger partial charge >= 0.3 is 5.97 Å². The van der Waals surface area contributed by atoms with E-state index >= 15 is 0 Å². The molecule has 1 aromatic heterocycles. The predicted octanol–water partition coefficient (Wildman–Crippen LogP) is 2.18. The summed E-state index contributed by atoms with van der Waals surface area (Å²) < 4.78 is 5.18. The van der Waals surface area contributed by atoms with Crippen LogP contribution in [-0.2, 0) is 6.42 Å². The number of carboxylic acid groups (broad SMARTS) is 1. The topological polar surface area (TPSA) is 67.5 Å². The second kappa shape index (κ2) is 3.48. The average molecular weight is 273 g/mol. The Morgan fingerprint density at radius 3 is 2.87 bits per heavy atom. The summed E-state index contributed by atoms with van der Waals surface area (Å²) in [4.78, 5) is 22.4. The Morgan fingerprint density at radius 2 is 2.27 bits per heavy atom. The van der Waals surface area contributed by atoms with E-state index in [1.165, 1.54) is 0 Å². The van der Waals surface area contributed by atoms with Gasteiger partial charge in [-0.15, -0.1) is 0 Å². The normalized spacial score (nSPS) is 20.1. The first kappa shape index (κ1) is 10.4. The van der Waals surface area contributed by atoms with Crippen LogP contribution in [0, 0.1) is 6.92 Å². The molecule has 0 aromatic carbocycles. The van der Waals surface area contributed by atoms with Crippen LogP contribution < -0.4 is 0 Å². The molecule has 1 unspecified atom stereocenters. The highest BCUT2D eigenvalue weighted by Gasteiger charge is 2.33. The van der Waals surface area contributed by atoms with Crippen LogP contribution >= 0.6 is 15.9 Å². The van der Waals surface area contributed by atoms with Crippen LogP contribution in [0.25, 0.3) is 0 Å². The third-order valence-corrected chi connectivity index (χ3v) is 3.44. The molecule has 15 heavy (non-hydrogen) atoms. The standard InChI is InChI=1S/C10H9BrO4/c1-4-7-6(15-9(4)10(13)14)3-2-5(11)8(7)12/h5H,2-3H2,1H3,(H,13,14). The summed E-state index contributed by atoms with van der Waals surface area (Å²) in [6, 6.07) is 0. The van der Waals surface area contributed by atoms with Crippen molar-refractivity contribution in [3.8, 4) is 0 Å². The molecule has 5 heteroatoms. The van der Waals surface area contributed by atoms with Crippen molar-refractivity contribution >= 4 is 27.7 Å². The minimum absolute atomic E-state index is 0.0787. The monoisotopic (exact) mass is 272 g/mol. The molecule has 0 aliphatic heterocycles. The zero-order chi connectivity index (χ0) is 11.2. The highest BCUT2D eigenvalue weighted by molar-refractivity contribution is 9.10. The lowest BCUT2D eigenvalue weighted by atomic mass is 9.94. The quantitative estimate of drug-likeness (QED) is 0.796. The van der Waals surface area contributed by atoms with Crippen LogP contribution in [0.2, 0.25) is 0 Å². The molecule has 4 nitrogen and oxygen atoms in total. The van der Waals surface area contributed by atoms with Crippen molar-refractivity contribution in [3.63, 3.8) is 0 Å². The smallest absolute Gasteiger partial charge is 0.372 e. The Morgan fingerprint density at radius 1 is 1.60 bits per heavy atom. The lowest BCUT2D eigenvalue weighted by molar-refractivity contribution is 0.0658. The van der Waals surface area contributed by atoms with E-state index in [1.54, 1.807) is 6.92 Å². The van der Waals surface area contributed by atoms with Gasteiger partial charge in [-0.25, -0.2) is 4.79 Å². The molecule has 1 atom stereocenters. The molecule has 1 aliphatic rings. The van der Waals surface area contributed by atoms with Gasteiger partial charge in [0.25, 0.3) is 0 Å². The van der Waals surface area contributed by atoms with Crippen LogP contribution in [0.3, 0.4) is 0 Å². The predicted molar refractivity (Wildman–Crippen MR) is 55.8 cm³/mol. The molecule has 0 saturated heterocycles. The fourth-order valence-electron chi connectivity index (χ4n) is 1.82. The largest absolute Gasteiger partial charge is 0.475 e. The maximum atomic E-state index is 11.8. The molecule has 1 aromatic rings. The van der Waals surface area contributed by atoms with Gasteiger partial charge in [0, 0.05) is 12.0 Å². The molecule has 0 fully saturated rings. The van der Waals surface area contributed by atoms with Crippen molar-refractivity contribution in [2.45, 2.75) is 24.6 Å². The second-order valence-corrected chi connectivity index (χ2v) is 4.64. The number of aryl methyl sites for hydroxylation is 1. The molecule has 0 radical (unpaired) electrons. The molecule has 1 heterocycles. The van der Waals surface area contributed by atoms with Gasteiger partial charge in [-0.05, 0) is 13.3 Å². The summed E-state index contributed by atoms with van der Waals surface area (Å²) >= 11 is 3.27. The van der Waals surface area contributed by atoms with E-state index in [2.05, 4.69) is 15.9 Å². The number of furan rings is 1. The zero-order valence-electron chi connectivity index (χ0n) is 8.04. The van der Waals surface area contributed by atoms with Crippen molar-refractivity contribution < 1.29 is 19.1 Å². The number of halogens is 1. The Kier molecular flexibility index (Phi) is 2.42. The van der Waals surface area contributed by atoms with Gasteiger partial charge in [0.2, 0.25) is 5.76 Å². The maximum Gasteiger partial charge on any atom is 0.372 e. The maximum absolute atomic E-state index is 11.8. The molecular weight excluding hydrogens is 264 g/mol. The highest BCUT2D eigenvalue weighted by Crippen LogP contribution is 2.31. The van der Waals surface area contributed by atoms with E-state index in [0.29, 0.717) is 29.7 Å². The highest BCUT2D eigenvalue weighted by atomic mass is 79.9. The number of Topliss-reactive ketones (excluding diaryl/α,β-unsaturated/α-hetero) is 1. The summed E-state index contributed by atoms with van der Waals surface area (Å²) in [5, 5.41) is 8.85. The van der Waals surface area contributed by atoms with Gasteiger partial charge in [-0.3, -0.25) is 4.79 Å². The lowest BCUT2D eigenvalue weighted by Crippen LogP contribution is -2.21. The summed E-state index contributed by atoms with van der Waals surface area (Å²) in [5.41, 5.74) is 0.882. The molecule has 0 saturated carbocycles. The van der Waals surface area contributed by atoms with Gasteiger partial charge in [-0.2, -0.15) is 0 Å². The van der Waals surface area contributed by atoms with Crippen LogP contribution in [0.5, 0.6) is 0 Å². The van der Waals surface area contributed by atoms with Crippen molar-refractivity contribution in [3.05, 3.63) is 22.6 Å². The first-order valence-electron chi connectivity index (χ1n) is 4.56. The zero-order valence-corrected chi connectivity index (χ0v) is 9.63. The summed E-state index contributed by atoms with van der Waals surface area (Å²) in [5.74, 6) is -0.814. The van der Waals surface area contributed by atoms with Crippen molar-refractivity contribution in [2.75, 3.05) is 0 Å². The van der Waals surface area contributed by atoms with Crippen LogP contribution in [0.15, 0.2) is 4.42 Å². The molecule has 1 aliphatic carbocycles. The number of ketones is 1. The Balaban J connectivity index is 2.59. The summed E-state index contributed by atoms with van der Waals surface area (Å²) in [6.45, 7) is 1.61. The number of carbonyl (C=O) groups excluding carboxylic acids is 1. The fraction of sp³-hybridized carbons (Fsp3) is 0.400. The molecular formula is C10H9BrO4. The van der Waals surface area contributed by atoms with Gasteiger partial charge in [-0.1, -0.05) is 15.9 Å². The number of hydrogen-bond acceptors (Lipinski definition) is 3. The fourth-order valence-corrected chi connectivity index (χ4v) is 2.28. The van der Waals surface area contributed by atoms with Crippen molar-refractivity contribution in [1.82, 2.24) is 0 Å². The SMILES string of the molecule is Cc1c(C(=O)O)oc2c1C(=O)C(Br)CC2. The number of aromatic carboxylic acids is 1. The van der Waals surface area contributed by atoms with E-state index in [9.17, 15) is 9.59 Å². The Hall–Kier alpha value is -1.10. The second-order valence-electron chi connectivity index (χ2n) is 3.53. The van der Waals surface area contributed by atoms with Gasteiger partial charge in [0.15, 0.2) is 5.78 Å². The molecule has 80 valence electrons. The van der Waals surface area contributed by atoms with Gasteiger partial charge < -0.3 is 9.52 Å². The van der Waals surface area contributed by atoms with Gasteiger partial charge in [0.05, 0.1) is 10.4 Å². The molecule has 0 spiro atoms. The molecule has 1 N–H and O–H groups in total. The summed E-state index contributed by atoms with van der Waals surface area (Å²) in [6.07, 6.45) is 1.25. The average Bonchev–Trinajstić information content (AvgIpc) is 2.50. The van der Waals surface area contributed by atoms with E-state index < -0.39 is 5.97 Å². The first-order chi connectivity index (χ1) is 7.02. The third kappa shape index (κ3) is 1.51. The molecule has 0 bridgehead atoms. The number of fused-ring (bicyclic) bond motifs is 1. The number of carboxylic acids is 1. The van der Waals surface area contributed by atoms with Crippen molar-refractivity contribution in [1.29, 1.82) is 0 Å². The van der Waals surface area contributed by atoms with Crippen LogP contribution in [0.4, 0.5) is 0 Å². The van der Waals surface area contributed by atoms with E-state index in [0.717, 1.165) is 0 Å². The Labute approximate surface area is 94.4 Å². The minimum Gasteiger partial charge on any atom is -0.475 e. The minimum atomic E-state index is -1.12. The first-order valence-corrected chi connectivity index (χ1v) is 5.47. The number of rotatable bonds is 1. The van der Waals surface area contributed by atoms with E-state index in [-0.39, 0.29) is 16.4 Å². The molecule has 2 rings (SSSR count). The molecule has 0 amide bonds. The lowest BCUT2D eigenvalue weighted by Gasteiger charge is -2.14. The van der Waals surface area contributed by atoms with Crippen molar-refractivity contribution in [2.24, 2.45) is 0 Å². The van der Waals surface area contributed by atoms with Crippen LogP contribution in [-0.4, -0.2) is 21.7 Å². The summed E-state index contributed by atoms with van der Waals surface area (Å²) in [7, 11) is 0. The number of hydrogen-bond donors (Lipinski definition) is 1. The van der Waals surface area contributed by atoms with E-state index in [1.807, 2.05) is 0 Å². The van der Waals surface area contributed by atoms with Gasteiger partial charge in [0.1, 0.15) is 5.76 Å².